The van der Waals surface area contributed by atoms with Crippen LogP contribution in [0.2, 0.25) is 0 Å². The molecule has 0 saturated heterocycles. The highest BCUT2D eigenvalue weighted by atomic mass is 79.9. The Balaban J connectivity index is 1.90. The Morgan fingerprint density at radius 1 is 1.25 bits per heavy atom. The van der Waals surface area contributed by atoms with Crippen LogP contribution in [0.5, 0.6) is 5.75 Å². The largest absolute Gasteiger partial charge is 0.490 e. The Hall–Kier alpha value is -0.840. The zero-order valence-corrected chi connectivity index (χ0v) is 10.9. The smallest absolute Gasteiger partial charge is 0.122 e. The van der Waals surface area contributed by atoms with Gasteiger partial charge < -0.3 is 9.84 Å². The molecule has 1 heterocycles. The lowest BCUT2D eigenvalue weighted by Crippen LogP contribution is -2.08. The second-order valence-corrected chi connectivity index (χ2v) is 5.19. The van der Waals surface area contributed by atoms with Crippen molar-refractivity contribution in [3.05, 3.63) is 51.1 Å². The van der Waals surface area contributed by atoms with E-state index in [0.29, 0.717) is 0 Å². The van der Waals surface area contributed by atoms with E-state index in [9.17, 15) is 5.11 Å². The van der Waals surface area contributed by atoms with Gasteiger partial charge in [0.15, 0.2) is 0 Å². The summed E-state index contributed by atoms with van der Waals surface area (Å²) in [5.41, 5.74) is 0. The van der Waals surface area contributed by atoms with E-state index in [2.05, 4.69) is 15.9 Å². The van der Waals surface area contributed by atoms with E-state index in [1.807, 2.05) is 41.8 Å². The second kappa shape index (κ2) is 5.48. The number of hydrogen-bond acceptors (Lipinski definition) is 3. The highest BCUT2D eigenvalue weighted by molar-refractivity contribution is 9.10. The highest BCUT2D eigenvalue weighted by Crippen LogP contribution is 2.21. The molecule has 0 fully saturated rings. The summed E-state index contributed by atoms with van der Waals surface area (Å²) in [7, 11) is 0. The summed E-state index contributed by atoms with van der Waals surface area (Å²) in [6, 6.07) is 11.4. The van der Waals surface area contributed by atoms with E-state index in [4.69, 9.17) is 4.74 Å². The summed E-state index contributed by atoms with van der Waals surface area (Å²) in [6.07, 6.45) is -0.552. The molecule has 2 aromatic rings. The molecule has 2 nitrogen and oxygen atoms in total. The second-order valence-electron chi connectivity index (χ2n) is 3.30. The number of thiophene rings is 1. The third-order valence-corrected chi connectivity index (χ3v) is 3.60. The maximum absolute atomic E-state index is 9.80. The zero-order valence-electron chi connectivity index (χ0n) is 8.47. The van der Waals surface area contributed by atoms with Gasteiger partial charge in [-0.25, -0.2) is 0 Å². The van der Waals surface area contributed by atoms with Gasteiger partial charge in [-0.1, -0.05) is 22.0 Å². The van der Waals surface area contributed by atoms with E-state index in [0.717, 1.165) is 15.1 Å². The maximum Gasteiger partial charge on any atom is 0.122 e. The summed E-state index contributed by atoms with van der Waals surface area (Å²) in [6.45, 7) is 0.280. The van der Waals surface area contributed by atoms with Gasteiger partial charge in [0.05, 0.1) is 0 Å². The number of rotatable bonds is 4. The summed E-state index contributed by atoms with van der Waals surface area (Å²) < 4.78 is 6.50. The van der Waals surface area contributed by atoms with Crippen molar-refractivity contribution >= 4 is 27.3 Å². The molecule has 1 N–H and O–H groups in total. The molecule has 1 aromatic heterocycles. The molecule has 0 radical (unpaired) electrons. The number of aliphatic hydroxyl groups excluding tert-OH is 1. The first-order chi connectivity index (χ1) is 7.75. The van der Waals surface area contributed by atoms with Crippen molar-refractivity contribution in [3.8, 4) is 5.75 Å². The molecule has 1 aromatic carbocycles. The van der Waals surface area contributed by atoms with Gasteiger partial charge >= 0.3 is 0 Å². The van der Waals surface area contributed by atoms with Crippen LogP contribution in [0.1, 0.15) is 11.0 Å². The van der Waals surface area contributed by atoms with E-state index < -0.39 is 6.10 Å². The van der Waals surface area contributed by atoms with Gasteiger partial charge in [0.25, 0.3) is 0 Å². The fourth-order valence-corrected chi connectivity index (χ4v) is 2.23. The van der Waals surface area contributed by atoms with E-state index >= 15 is 0 Å². The van der Waals surface area contributed by atoms with Crippen molar-refractivity contribution in [3.63, 3.8) is 0 Å². The van der Waals surface area contributed by atoms with Crippen LogP contribution in [0.15, 0.2) is 46.3 Å². The molecule has 84 valence electrons. The first kappa shape index (κ1) is 11.6. The molecule has 0 bridgehead atoms. The SMILES string of the molecule is OC(COc1ccc(Br)cc1)c1cccs1. The molecule has 0 aliphatic carbocycles. The van der Waals surface area contributed by atoms with Crippen LogP contribution >= 0.6 is 27.3 Å². The molecule has 1 unspecified atom stereocenters. The fourth-order valence-electron chi connectivity index (χ4n) is 1.27. The van der Waals surface area contributed by atoms with Crippen molar-refractivity contribution in [2.75, 3.05) is 6.61 Å². The number of hydrogen-bond donors (Lipinski definition) is 1. The predicted octanol–water partition coefficient (Wildman–Crippen LogP) is 3.62. The Labute approximate surface area is 107 Å². The van der Waals surface area contributed by atoms with Crippen LogP contribution in [0.25, 0.3) is 0 Å². The number of ether oxygens (including phenoxy) is 1. The lowest BCUT2D eigenvalue weighted by molar-refractivity contribution is 0.111. The molecule has 0 aliphatic heterocycles. The zero-order chi connectivity index (χ0) is 11.4. The van der Waals surface area contributed by atoms with Crippen molar-refractivity contribution < 1.29 is 9.84 Å². The average molecular weight is 299 g/mol. The molecule has 0 aliphatic rings. The van der Waals surface area contributed by atoms with Crippen LogP contribution in [0, 0.1) is 0 Å². The number of benzene rings is 1. The molecule has 4 heteroatoms. The molecule has 16 heavy (non-hydrogen) atoms. The molecule has 0 saturated carbocycles. The van der Waals surface area contributed by atoms with Gasteiger partial charge in [-0.2, -0.15) is 0 Å². The third-order valence-electron chi connectivity index (χ3n) is 2.09. The topological polar surface area (TPSA) is 29.5 Å². The van der Waals surface area contributed by atoms with Gasteiger partial charge in [0.2, 0.25) is 0 Å². The predicted molar refractivity (Wildman–Crippen MR) is 68.9 cm³/mol. The fraction of sp³-hybridized carbons (Fsp3) is 0.167. The monoisotopic (exact) mass is 298 g/mol. The molecular formula is C12H11BrO2S. The quantitative estimate of drug-likeness (QED) is 0.934. The van der Waals surface area contributed by atoms with E-state index in [1.54, 1.807) is 0 Å². The van der Waals surface area contributed by atoms with Crippen LogP contribution < -0.4 is 4.74 Å². The minimum atomic E-state index is -0.552. The van der Waals surface area contributed by atoms with Gasteiger partial charge in [-0.15, -0.1) is 11.3 Å². The highest BCUT2D eigenvalue weighted by Gasteiger charge is 2.08. The number of halogens is 1. The van der Waals surface area contributed by atoms with Crippen LogP contribution in [0.4, 0.5) is 0 Å². The molecular weight excluding hydrogens is 288 g/mol. The lowest BCUT2D eigenvalue weighted by atomic mass is 10.3. The minimum Gasteiger partial charge on any atom is -0.490 e. The third kappa shape index (κ3) is 3.07. The summed E-state index contributed by atoms with van der Waals surface area (Å²) in [5.74, 6) is 0.763. The van der Waals surface area contributed by atoms with Gasteiger partial charge in [0, 0.05) is 9.35 Å². The van der Waals surface area contributed by atoms with Gasteiger partial charge in [0.1, 0.15) is 18.5 Å². The van der Waals surface area contributed by atoms with E-state index in [1.165, 1.54) is 11.3 Å². The van der Waals surface area contributed by atoms with E-state index in [-0.39, 0.29) is 6.61 Å². The van der Waals surface area contributed by atoms with Crippen molar-refractivity contribution in [2.45, 2.75) is 6.10 Å². The van der Waals surface area contributed by atoms with Crippen molar-refractivity contribution in [1.82, 2.24) is 0 Å². The Bertz CT molecular complexity index is 425. The Morgan fingerprint density at radius 3 is 2.62 bits per heavy atom. The molecule has 0 amide bonds. The normalized spacial score (nSPS) is 12.4. The first-order valence-corrected chi connectivity index (χ1v) is 6.53. The Kier molecular flexibility index (Phi) is 3.98. The molecule has 0 spiro atoms. The van der Waals surface area contributed by atoms with Crippen LogP contribution in [-0.2, 0) is 0 Å². The lowest BCUT2D eigenvalue weighted by Gasteiger charge is -2.10. The maximum atomic E-state index is 9.80. The van der Waals surface area contributed by atoms with Gasteiger partial charge in [-0.05, 0) is 35.7 Å². The van der Waals surface area contributed by atoms with Crippen LogP contribution in [-0.4, -0.2) is 11.7 Å². The van der Waals surface area contributed by atoms with Gasteiger partial charge in [-0.3, -0.25) is 0 Å². The number of aliphatic hydroxyl groups is 1. The van der Waals surface area contributed by atoms with Crippen LogP contribution in [0.3, 0.4) is 0 Å². The summed E-state index contributed by atoms with van der Waals surface area (Å²) >= 11 is 4.88. The summed E-state index contributed by atoms with van der Waals surface area (Å²) in [4.78, 5) is 0.928. The molecule has 2 rings (SSSR count). The Morgan fingerprint density at radius 2 is 2.00 bits per heavy atom. The standard InChI is InChI=1S/C12H11BrO2S/c13-9-3-5-10(6-4-9)15-8-11(14)12-2-1-7-16-12/h1-7,11,14H,8H2. The molecule has 1 atom stereocenters. The van der Waals surface area contributed by atoms with Crippen molar-refractivity contribution in [1.29, 1.82) is 0 Å². The minimum absolute atomic E-state index is 0.280. The van der Waals surface area contributed by atoms with Crippen molar-refractivity contribution in [2.24, 2.45) is 0 Å². The summed E-state index contributed by atoms with van der Waals surface area (Å²) in [5, 5.41) is 11.7. The first-order valence-electron chi connectivity index (χ1n) is 4.85. The average Bonchev–Trinajstić information content (AvgIpc) is 2.81.